The third-order valence-electron chi connectivity index (χ3n) is 3.17. The van der Waals surface area contributed by atoms with E-state index in [9.17, 15) is 0 Å². The third kappa shape index (κ3) is 6.49. The highest BCUT2D eigenvalue weighted by atomic mass is 15.2. The van der Waals surface area contributed by atoms with Crippen molar-refractivity contribution in [3.8, 4) is 0 Å². The normalized spacial score (nSPS) is 14.1. The first-order chi connectivity index (χ1) is 7.52. The van der Waals surface area contributed by atoms with E-state index in [2.05, 4.69) is 39.5 Å². The summed E-state index contributed by atoms with van der Waals surface area (Å²) in [6.45, 7) is 13.4. The average molecular weight is 228 g/mol. The Morgan fingerprint density at radius 2 is 1.69 bits per heavy atom. The van der Waals surface area contributed by atoms with Gasteiger partial charge in [-0.3, -0.25) is 4.90 Å². The van der Waals surface area contributed by atoms with Crippen LogP contribution < -0.4 is 5.73 Å². The van der Waals surface area contributed by atoms with Crippen molar-refractivity contribution in [2.45, 2.75) is 72.4 Å². The lowest BCUT2D eigenvalue weighted by atomic mass is 10.0. The van der Waals surface area contributed by atoms with Gasteiger partial charge in [0, 0.05) is 18.6 Å². The molecular formula is C14H32N2. The van der Waals surface area contributed by atoms with Crippen molar-refractivity contribution in [1.82, 2.24) is 4.90 Å². The number of nitrogens with zero attached hydrogens (tertiary/aromatic N) is 1. The van der Waals surface area contributed by atoms with Crippen molar-refractivity contribution >= 4 is 0 Å². The molecule has 0 aliphatic rings. The molecule has 1 unspecified atom stereocenters. The molecule has 0 aromatic carbocycles. The second-order valence-corrected chi connectivity index (χ2v) is 5.56. The van der Waals surface area contributed by atoms with E-state index in [1.807, 2.05) is 0 Å². The van der Waals surface area contributed by atoms with Crippen molar-refractivity contribution < 1.29 is 0 Å². The Bertz CT molecular complexity index is 155. The van der Waals surface area contributed by atoms with Crippen LogP contribution in [-0.2, 0) is 0 Å². The molecule has 0 heterocycles. The second-order valence-electron chi connectivity index (χ2n) is 5.56. The van der Waals surface area contributed by atoms with E-state index >= 15 is 0 Å². The van der Waals surface area contributed by atoms with Gasteiger partial charge in [0.05, 0.1) is 0 Å². The molecule has 98 valence electrons. The molecule has 2 heteroatoms. The SMILES string of the molecule is CCCCCN(C(C)C)C(CN)CC(C)C. The minimum absolute atomic E-state index is 0.567. The van der Waals surface area contributed by atoms with E-state index in [0.29, 0.717) is 12.1 Å². The first-order valence-corrected chi connectivity index (χ1v) is 6.98. The van der Waals surface area contributed by atoms with Gasteiger partial charge in [0.15, 0.2) is 0 Å². The highest BCUT2D eigenvalue weighted by molar-refractivity contribution is 4.76. The average Bonchev–Trinajstić information content (AvgIpc) is 2.21. The highest BCUT2D eigenvalue weighted by Gasteiger charge is 2.20. The second kappa shape index (κ2) is 9.00. The van der Waals surface area contributed by atoms with Crippen molar-refractivity contribution in [3.05, 3.63) is 0 Å². The fourth-order valence-electron chi connectivity index (χ4n) is 2.32. The van der Waals surface area contributed by atoms with Gasteiger partial charge in [-0.05, 0) is 39.2 Å². The lowest BCUT2D eigenvalue weighted by Gasteiger charge is -2.35. The molecule has 1 atom stereocenters. The molecule has 0 radical (unpaired) electrons. The van der Waals surface area contributed by atoms with Gasteiger partial charge < -0.3 is 5.73 Å². The molecule has 16 heavy (non-hydrogen) atoms. The Balaban J connectivity index is 4.23. The van der Waals surface area contributed by atoms with E-state index in [0.717, 1.165) is 12.5 Å². The molecule has 0 saturated heterocycles. The van der Waals surface area contributed by atoms with Crippen LogP contribution >= 0.6 is 0 Å². The molecule has 0 spiro atoms. The molecule has 0 aromatic rings. The topological polar surface area (TPSA) is 29.3 Å². The van der Waals surface area contributed by atoms with Gasteiger partial charge in [-0.1, -0.05) is 33.6 Å². The summed E-state index contributed by atoms with van der Waals surface area (Å²) in [5.74, 6) is 0.737. The number of nitrogens with two attached hydrogens (primary N) is 1. The zero-order valence-corrected chi connectivity index (χ0v) is 12.0. The molecule has 0 aliphatic heterocycles. The Morgan fingerprint density at radius 1 is 1.06 bits per heavy atom. The predicted octanol–water partition coefficient (Wildman–Crippen LogP) is 3.26. The maximum atomic E-state index is 5.92. The minimum atomic E-state index is 0.567. The van der Waals surface area contributed by atoms with E-state index in [4.69, 9.17) is 5.73 Å². The summed E-state index contributed by atoms with van der Waals surface area (Å²) in [5, 5.41) is 0. The summed E-state index contributed by atoms with van der Waals surface area (Å²) in [4.78, 5) is 2.59. The monoisotopic (exact) mass is 228 g/mol. The fraction of sp³-hybridized carbons (Fsp3) is 1.00. The van der Waals surface area contributed by atoms with Crippen LogP contribution in [0.5, 0.6) is 0 Å². The van der Waals surface area contributed by atoms with E-state index in [1.54, 1.807) is 0 Å². The van der Waals surface area contributed by atoms with Crippen LogP contribution in [0.2, 0.25) is 0 Å². The minimum Gasteiger partial charge on any atom is -0.329 e. The lowest BCUT2D eigenvalue weighted by Crippen LogP contribution is -2.45. The fourth-order valence-corrected chi connectivity index (χ4v) is 2.32. The molecule has 0 rings (SSSR count). The zero-order chi connectivity index (χ0) is 12.6. The lowest BCUT2D eigenvalue weighted by molar-refractivity contribution is 0.136. The molecule has 2 N–H and O–H groups in total. The van der Waals surface area contributed by atoms with Crippen LogP contribution in [0.3, 0.4) is 0 Å². The van der Waals surface area contributed by atoms with Gasteiger partial charge in [0.1, 0.15) is 0 Å². The number of rotatable bonds is 9. The maximum Gasteiger partial charge on any atom is 0.0223 e. The van der Waals surface area contributed by atoms with E-state index in [-0.39, 0.29) is 0 Å². The first-order valence-electron chi connectivity index (χ1n) is 6.98. The van der Waals surface area contributed by atoms with Crippen molar-refractivity contribution in [3.63, 3.8) is 0 Å². The Morgan fingerprint density at radius 3 is 2.06 bits per heavy atom. The van der Waals surface area contributed by atoms with Crippen LogP contribution in [0, 0.1) is 5.92 Å². The number of hydrogen-bond acceptors (Lipinski definition) is 2. The summed E-state index contributed by atoms with van der Waals surface area (Å²) >= 11 is 0. The standard InChI is InChI=1S/C14H32N2/c1-6-7-8-9-16(13(4)5)14(11-15)10-12(2)3/h12-14H,6-11,15H2,1-5H3. The molecule has 2 nitrogen and oxygen atoms in total. The third-order valence-corrected chi connectivity index (χ3v) is 3.17. The van der Waals surface area contributed by atoms with Gasteiger partial charge in [-0.15, -0.1) is 0 Å². The van der Waals surface area contributed by atoms with Crippen molar-refractivity contribution in [2.24, 2.45) is 11.7 Å². The van der Waals surface area contributed by atoms with Gasteiger partial charge >= 0.3 is 0 Å². The summed E-state index contributed by atoms with van der Waals surface area (Å²) in [6.07, 6.45) is 5.16. The number of hydrogen-bond donors (Lipinski definition) is 1. The van der Waals surface area contributed by atoms with Gasteiger partial charge in [0.2, 0.25) is 0 Å². The van der Waals surface area contributed by atoms with Crippen LogP contribution in [-0.4, -0.2) is 30.1 Å². The highest BCUT2D eigenvalue weighted by Crippen LogP contribution is 2.15. The first kappa shape index (κ1) is 15.9. The Kier molecular flexibility index (Phi) is 8.96. The largest absolute Gasteiger partial charge is 0.329 e. The Labute approximate surface area is 103 Å². The zero-order valence-electron chi connectivity index (χ0n) is 12.0. The van der Waals surface area contributed by atoms with Gasteiger partial charge in [-0.2, -0.15) is 0 Å². The van der Waals surface area contributed by atoms with Crippen LogP contribution in [0.1, 0.15) is 60.3 Å². The summed E-state index contributed by atoms with van der Waals surface area (Å²) in [7, 11) is 0. The van der Waals surface area contributed by atoms with Crippen molar-refractivity contribution in [2.75, 3.05) is 13.1 Å². The molecule has 0 aromatic heterocycles. The van der Waals surface area contributed by atoms with Gasteiger partial charge in [0.25, 0.3) is 0 Å². The quantitative estimate of drug-likeness (QED) is 0.614. The summed E-state index contributed by atoms with van der Waals surface area (Å²) in [5.41, 5.74) is 5.92. The van der Waals surface area contributed by atoms with Crippen LogP contribution in [0.25, 0.3) is 0 Å². The maximum absolute atomic E-state index is 5.92. The molecule has 0 aliphatic carbocycles. The molecular weight excluding hydrogens is 196 g/mol. The molecule has 0 amide bonds. The number of unbranched alkanes of at least 4 members (excludes halogenated alkanes) is 2. The smallest absolute Gasteiger partial charge is 0.0223 e. The Hall–Kier alpha value is -0.0800. The van der Waals surface area contributed by atoms with E-state index < -0.39 is 0 Å². The predicted molar refractivity (Wildman–Crippen MR) is 73.7 cm³/mol. The van der Waals surface area contributed by atoms with Gasteiger partial charge in [-0.25, -0.2) is 0 Å². The van der Waals surface area contributed by atoms with Crippen LogP contribution in [0.4, 0.5) is 0 Å². The summed E-state index contributed by atoms with van der Waals surface area (Å²) in [6, 6.07) is 1.18. The molecule has 0 fully saturated rings. The molecule has 0 saturated carbocycles. The molecule has 0 bridgehead atoms. The van der Waals surface area contributed by atoms with E-state index in [1.165, 1.54) is 32.2 Å². The van der Waals surface area contributed by atoms with Crippen molar-refractivity contribution in [1.29, 1.82) is 0 Å². The van der Waals surface area contributed by atoms with Crippen LogP contribution in [0.15, 0.2) is 0 Å². The summed E-state index contributed by atoms with van der Waals surface area (Å²) < 4.78 is 0.